The van der Waals surface area contributed by atoms with E-state index in [1.165, 1.54) is 0 Å². The molecule has 2 aromatic rings. The fourth-order valence-electron chi connectivity index (χ4n) is 1.72. The first-order valence-electron chi connectivity index (χ1n) is 5.05. The number of nitrogens with zero attached hydrogens (tertiary/aromatic N) is 1. The predicted octanol–water partition coefficient (Wildman–Crippen LogP) is 3.12. The third-order valence-corrected chi connectivity index (χ3v) is 3.04. The first-order valence-corrected chi connectivity index (χ1v) is 5.84. The smallest absolute Gasteiger partial charge is 0.338 e. The van der Waals surface area contributed by atoms with Gasteiger partial charge >= 0.3 is 5.97 Å². The number of hydrogen-bond donors (Lipinski definition) is 0. The lowest BCUT2D eigenvalue weighted by atomic mass is 10.1. The summed E-state index contributed by atoms with van der Waals surface area (Å²) < 4.78 is 7.88. The van der Waals surface area contributed by atoms with Gasteiger partial charge in [-0.3, -0.25) is 0 Å². The molecule has 1 aromatic heterocycles. The Morgan fingerprint density at radius 1 is 1.50 bits per heavy atom. The van der Waals surface area contributed by atoms with Crippen LogP contribution in [0.2, 0.25) is 0 Å². The predicted molar refractivity (Wildman–Crippen MR) is 66.6 cm³/mol. The van der Waals surface area contributed by atoms with E-state index in [0.29, 0.717) is 12.2 Å². The summed E-state index contributed by atoms with van der Waals surface area (Å²) in [6.07, 6.45) is 1.96. The summed E-state index contributed by atoms with van der Waals surface area (Å²) in [7, 11) is 1.97. The molecular weight excluding hydrogens is 270 g/mol. The van der Waals surface area contributed by atoms with Gasteiger partial charge in [0.25, 0.3) is 0 Å². The second kappa shape index (κ2) is 4.29. The van der Waals surface area contributed by atoms with Gasteiger partial charge in [-0.1, -0.05) is 0 Å². The molecule has 0 aliphatic carbocycles. The van der Waals surface area contributed by atoms with Gasteiger partial charge in [0, 0.05) is 23.1 Å². The van der Waals surface area contributed by atoms with E-state index in [4.69, 9.17) is 4.74 Å². The number of carbonyl (C=O) groups excluding carboxylic acids is 1. The molecule has 0 saturated heterocycles. The summed E-state index contributed by atoms with van der Waals surface area (Å²) in [5, 5.41) is 1.03. The minimum absolute atomic E-state index is 0.283. The standard InChI is InChI=1S/C12H12BrNO2/c1-3-16-12(15)9-6-8-4-5-14(2)11(8)10(13)7-9/h4-7H,3H2,1-2H3. The van der Waals surface area contributed by atoms with Gasteiger partial charge in [-0.25, -0.2) is 4.79 Å². The first kappa shape index (κ1) is 11.2. The molecule has 0 N–H and O–H groups in total. The van der Waals surface area contributed by atoms with Crippen molar-refractivity contribution in [2.75, 3.05) is 6.61 Å². The van der Waals surface area contributed by atoms with E-state index in [9.17, 15) is 4.79 Å². The fourth-order valence-corrected chi connectivity index (χ4v) is 2.47. The maximum Gasteiger partial charge on any atom is 0.338 e. The van der Waals surface area contributed by atoms with E-state index in [1.807, 2.05) is 29.9 Å². The zero-order valence-electron chi connectivity index (χ0n) is 9.16. The molecule has 4 heteroatoms. The Balaban J connectivity index is 2.54. The van der Waals surface area contributed by atoms with Crippen molar-refractivity contribution in [2.24, 2.45) is 7.05 Å². The molecule has 0 aliphatic rings. The molecule has 0 bridgehead atoms. The van der Waals surface area contributed by atoms with Gasteiger partial charge in [0.05, 0.1) is 17.7 Å². The molecule has 1 heterocycles. The van der Waals surface area contributed by atoms with Crippen molar-refractivity contribution in [3.05, 3.63) is 34.4 Å². The zero-order chi connectivity index (χ0) is 11.7. The normalized spacial score (nSPS) is 10.7. The number of esters is 1. The van der Waals surface area contributed by atoms with Crippen LogP contribution in [0.3, 0.4) is 0 Å². The molecule has 3 nitrogen and oxygen atoms in total. The SMILES string of the molecule is CCOC(=O)c1cc(Br)c2c(ccn2C)c1. The highest BCUT2D eigenvalue weighted by molar-refractivity contribution is 9.10. The molecule has 0 unspecified atom stereocenters. The third kappa shape index (κ3) is 1.85. The van der Waals surface area contributed by atoms with Crippen LogP contribution >= 0.6 is 15.9 Å². The number of carbonyl (C=O) groups is 1. The lowest BCUT2D eigenvalue weighted by molar-refractivity contribution is 0.0526. The molecule has 1 aromatic carbocycles. The average Bonchev–Trinajstić information content (AvgIpc) is 2.61. The molecule has 0 radical (unpaired) electrons. The van der Waals surface area contributed by atoms with Crippen molar-refractivity contribution in [3.8, 4) is 0 Å². The summed E-state index contributed by atoms with van der Waals surface area (Å²) in [6, 6.07) is 5.61. The molecule has 0 atom stereocenters. The van der Waals surface area contributed by atoms with Crippen LogP contribution in [0, 0.1) is 0 Å². The molecular formula is C12H12BrNO2. The zero-order valence-corrected chi connectivity index (χ0v) is 10.7. The highest BCUT2D eigenvalue weighted by Crippen LogP contribution is 2.26. The van der Waals surface area contributed by atoms with E-state index < -0.39 is 0 Å². The summed E-state index contributed by atoms with van der Waals surface area (Å²) in [4.78, 5) is 11.6. The lowest BCUT2D eigenvalue weighted by Crippen LogP contribution is -2.04. The number of aryl methyl sites for hydroxylation is 1. The quantitative estimate of drug-likeness (QED) is 0.792. The lowest BCUT2D eigenvalue weighted by Gasteiger charge is -2.04. The number of fused-ring (bicyclic) bond motifs is 1. The molecule has 0 fully saturated rings. The summed E-state index contributed by atoms with van der Waals surface area (Å²) in [5.41, 5.74) is 1.65. The maximum atomic E-state index is 11.6. The van der Waals surface area contributed by atoms with Gasteiger partial charge in [0.2, 0.25) is 0 Å². The summed E-state index contributed by atoms with van der Waals surface area (Å²) >= 11 is 3.47. The number of rotatable bonds is 2. The fraction of sp³-hybridized carbons (Fsp3) is 0.250. The van der Waals surface area contributed by atoms with E-state index in [0.717, 1.165) is 15.4 Å². The Labute approximate surface area is 102 Å². The van der Waals surface area contributed by atoms with Gasteiger partial charge in [0.15, 0.2) is 0 Å². The molecule has 0 amide bonds. The van der Waals surface area contributed by atoms with Crippen molar-refractivity contribution >= 4 is 32.8 Å². The van der Waals surface area contributed by atoms with Crippen LogP contribution in [0.15, 0.2) is 28.9 Å². The topological polar surface area (TPSA) is 31.2 Å². The monoisotopic (exact) mass is 281 g/mol. The van der Waals surface area contributed by atoms with Crippen molar-refractivity contribution in [1.29, 1.82) is 0 Å². The summed E-state index contributed by atoms with van der Waals surface area (Å²) in [5.74, 6) is -0.283. The Kier molecular flexibility index (Phi) is 3.01. The Bertz CT molecular complexity index is 545. The van der Waals surface area contributed by atoms with Gasteiger partial charge < -0.3 is 9.30 Å². The van der Waals surface area contributed by atoms with Crippen molar-refractivity contribution in [1.82, 2.24) is 4.57 Å². The molecule has 2 rings (SSSR count). The van der Waals surface area contributed by atoms with Crippen LogP contribution in [0.25, 0.3) is 10.9 Å². The van der Waals surface area contributed by atoms with Crippen molar-refractivity contribution in [3.63, 3.8) is 0 Å². The minimum Gasteiger partial charge on any atom is -0.462 e. The third-order valence-electron chi connectivity index (χ3n) is 2.43. The van der Waals surface area contributed by atoms with Gasteiger partial charge in [0.1, 0.15) is 0 Å². The second-order valence-electron chi connectivity index (χ2n) is 3.54. The van der Waals surface area contributed by atoms with Crippen LogP contribution in [0.5, 0.6) is 0 Å². The Hall–Kier alpha value is -1.29. The molecule has 16 heavy (non-hydrogen) atoms. The highest BCUT2D eigenvalue weighted by atomic mass is 79.9. The average molecular weight is 282 g/mol. The molecule has 0 aliphatic heterocycles. The van der Waals surface area contributed by atoms with Crippen LogP contribution < -0.4 is 0 Å². The first-order chi connectivity index (χ1) is 7.63. The number of halogens is 1. The number of hydrogen-bond acceptors (Lipinski definition) is 2. The minimum atomic E-state index is -0.283. The number of benzene rings is 1. The maximum absolute atomic E-state index is 11.6. The van der Waals surface area contributed by atoms with Crippen molar-refractivity contribution in [2.45, 2.75) is 6.92 Å². The Morgan fingerprint density at radius 3 is 2.94 bits per heavy atom. The molecule has 0 saturated carbocycles. The highest BCUT2D eigenvalue weighted by Gasteiger charge is 2.11. The molecule has 84 valence electrons. The molecule has 0 spiro atoms. The van der Waals surface area contributed by atoms with Gasteiger partial charge in [-0.05, 0) is 41.1 Å². The van der Waals surface area contributed by atoms with Gasteiger partial charge in [-0.15, -0.1) is 0 Å². The van der Waals surface area contributed by atoms with Crippen LogP contribution in [-0.4, -0.2) is 17.1 Å². The van der Waals surface area contributed by atoms with Crippen molar-refractivity contribution < 1.29 is 9.53 Å². The number of aromatic nitrogens is 1. The number of ether oxygens (including phenoxy) is 1. The van der Waals surface area contributed by atoms with E-state index in [1.54, 1.807) is 13.0 Å². The largest absolute Gasteiger partial charge is 0.462 e. The Morgan fingerprint density at radius 2 is 2.25 bits per heavy atom. The van der Waals surface area contributed by atoms with Crippen LogP contribution in [0.1, 0.15) is 17.3 Å². The van der Waals surface area contributed by atoms with Crippen LogP contribution in [-0.2, 0) is 11.8 Å². The van der Waals surface area contributed by atoms with E-state index in [2.05, 4.69) is 15.9 Å². The van der Waals surface area contributed by atoms with Crippen LogP contribution in [0.4, 0.5) is 0 Å². The second-order valence-corrected chi connectivity index (χ2v) is 4.40. The van der Waals surface area contributed by atoms with Gasteiger partial charge in [-0.2, -0.15) is 0 Å². The van der Waals surface area contributed by atoms with E-state index >= 15 is 0 Å². The van der Waals surface area contributed by atoms with E-state index in [-0.39, 0.29) is 5.97 Å². The summed E-state index contributed by atoms with van der Waals surface area (Å²) in [6.45, 7) is 2.19.